The van der Waals surface area contributed by atoms with Crippen molar-refractivity contribution >= 4 is 11.7 Å². The van der Waals surface area contributed by atoms with E-state index in [-0.39, 0.29) is 12.1 Å². The van der Waals surface area contributed by atoms with Gasteiger partial charge in [-0.2, -0.15) is 0 Å². The summed E-state index contributed by atoms with van der Waals surface area (Å²) in [6, 6.07) is 16.1. The number of benzene rings is 2. The molecule has 2 aliphatic rings. The molecule has 4 nitrogen and oxygen atoms in total. The van der Waals surface area contributed by atoms with Gasteiger partial charge in [0.15, 0.2) is 0 Å². The molecule has 1 unspecified atom stereocenters. The van der Waals surface area contributed by atoms with Gasteiger partial charge in [-0.15, -0.1) is 0 Å². The van der Waals surface area contributed by atoms with E-state index in [1.165, 1.54) is 5.56 Å². The Bertz CT molecular complexity index is 714. The zero-order valence-corrected chi connectivity index (χ0v) is 12.3. The van der Waals surface area contributed by atoms with E-state index in [0.717, 1.165) is 36.4 Å². The summed E-state index contributed by atoms with van der Waals surface area (Å²) in [5.41, 5.74) is 3.42. The Morgan fingerprint density at radius 2 is 1.86 bits per heavy atom. The predicted molar refractivity (Wildman–Crippen MR) is 85.5 cm³/mol. The first-order valence-electron chi connectivity index (χ1n) is 7.68. The van der Waals surface area contributed by atoms with Crippen LogP contribution in [0, 0.1) is 0 Å². The number of fused-ring (bicyclic) bond motifs is 2. The van der Waals surface area contributed by atoms with Crippen molar-refractivity contribution < 1.29 is 9.53 Å². The number of hydrogen-bond donors (Lipinski definition) is 1. The lowest BCUT2D eigenvalue weighted by Crippen LogP contribution is -2.48. The highest BCUT2D eigenvalue weighted by Gasteiger charge is 2.27. The van der Waals surface area contributed by atoms with Crippen LogP contribution in [0.5, 0.6) is 5.75 Å². The van der Waals surface area contributed by atoms with Crippen LogP contribution in [0.15, 0.2) is 48.5 Å². The standard InChI is InChI=1S/C18H18N2O2/c21-18(20-10-9-13-5-1-3-7-16(13)20)19-15-11-14-6-2-4-8-17(14)22-12-15/h1-8,15H,9-12H2,(H,19,21). The molecule has 4 heteroatoms. The van der Waals surface area contributed by atoms with Crippen LogP contribution in [0.4, 0.5) is 10.5 Å². The average molecular weight is 294 g/mol. The second-order valence-corrected chi connectivity index (χ2v) is 5.80. The van der Waals surface area contributed by atoms with Crippen molar-refractivity contribution in [3.8, 4) is 5.75 Å². The highest BCUT2D eigenvalue weighted by atomic mass is 16.5. The molecule has 2 aromatic rings. The Balaban J connectivity index is 1.46. The molecule has 4 rings (SSSR count). The third-order valence-corrected chi connectivity index (χ3v) is 4.34. The Labute approximate surface area is 129 Å². The van der Waals surface area contributed by atoms with Crippen LogP contribution in [-0.4, -0.2) is 25.2 Å². The molecule has 0 saturated carbocycles. The highest BCUT2D eigenvalue weighted by molar-refractivity contribution is 5.94. The Morgan fingerprint density at radius 3 is 2.77 bits per heavy atom. The Kier molecular flexibility index (Phi) is 3.22. The SMILES string of the molecule is O=C(NC1COc2ccccc2C1)N1CCc2ccccc21. The van der Waals surface area contributed by atoms with E-state index in [0.29, 0.717) is 6.61 Å². The zero-order chi connectivity index (χ0) is 14.9. The largest absolute Gasteiger partial charge is 0.491 e. The number of urea groups is 1. The average Bonchev–Trinajstić information content (AvgIpc) is 2.99. The van der Waals surface area contributed by atoms with Crippen LogP contribution in [0.3, 0.4) is 0 Å². The van der Waals surface area contributed by atoms with Crippen molar-refractivity contribution in [1.82, 2.24) is 5.32 Å². The molecule has 2 heterocycles. The number of para-hydroxylation sites is 2. The fraction of sp³-hybridized carbons (Fsp3) is 0.278. The summed E-state index contributed by atoms with van der Waals surface area (Å²) in [6.45, 7) is 1.27. The first kappa shape index (κ1) is 13.2. The molecule has 0 saturated heterocycles. The normalized spacial score (nSPS) is 19.1. The lowest BCUT2D eigenvalue weighted by Gasteiger charge is -2.28. The molecule has 0 aromatic heterocycles. The number of nitrogens with zero attached hydrogens (tertiary/aromatic N) is 1. The van der Waals surface area contributed by atoms with Crippen LogP contribution in [-0.2, 0) is 12.8 Å². The minimum Gasteiger partial charge on any atom is -0.491 e. The van der Waals surface area contributed by atoms with Gasteiger partial charge in [0.2, 0.25) is 0 Å². The fourth-order valence-corrected chi connectivity index (χ4v) is 3.22. The molecule has 0 fully saturated rings. The molecule has 22 heavy (non-hydrogen) atoms. The summed E-state index contributed by atoms with van der Waals surface area (Å²) in [5.74, 6) is 0.930. The number of ether oxygens (including phenoxy) is 1. The molecule has 112 valence electrons. The van der Waals surface area contributed by atoms with Gasteiger partial charge >= 0.3 is 6.03 Å². The third-order valence-electron chi connectivity index (χ3n) is 4.34. The van der Waals surface area contributed by atoms with Gasteiger partial charge in [0, 0.05) is 12.2 Å². The van der Waals surface area contributed by atoms with E-state index in [1.54, 1.807) is 0 Å². The second kappa shape index (κ2) is 5.37. The maximum Gasteiger partial charge on any atom is 0.322 e. The van der Waals surface area contributed by atoms with E-state index < -0.39 is 0 Å². The molecular weight excluding hydrogens is 276 g/mol. The summed E-state index contributed by atoms with van der Waals surface area (Å²) in [7, 11) is 0. The van der Waals surface area contributed by atoms with E-state index in [1.807, 2.05) is 41.3 Å². The minimum absolute atomic E-state index is 0.0233. The van der Waals surface area contributed by atoms with Crippen molar-refractivity contribution in [2.24, 2.45) is 0 Å². The van der Waals surface area contributed by atoms with Gasteiger partial charge in [0.05, 0.1) is 6.04 Å². The topological polar surface area (TPSA) is 41.6 Å². The van der Waals surface area contributed by atoms with Crippen molar-refractivity contribution in [1.29, 1.82) is 0 Å². The van der Waals surface area contributed by atoms with E-state index in [4.69, 9.17) is 4.74 Å². The first-order chi connectivity index (χ1) is 10.8. The first-order valence-corrected chi connectivity index (χ1v) is 7.68. The summed E-state index contributed by atoms with van der Waals surface area (Å²) >= 11 is 0. The number of hydrogen-bond acceptors (Lipinski definition) is 2. The molecule has 1 atom stereocenters. The minimum atomic E-state index is -0.0297. The van der Waals surface area contributed by atoms with Crippen LogP contribution in [0.2, 0.25) is 0 Å². The lowest BCUT2D eigenvalue weighted by atomic mass is 10.0. The molecule has 0 radical (unpaired) electrons. The van der Waals surface area contributed by atoms with Crippen LogP contribution in [0.25, 0.3) is 0 Å². The number of anilines is 1. The molecule has 2 aromatic carbocycles. The molecular formula is C18H18N2O2. The molecule has 2 amide bonds. The summed E-state index contributed by atoms with van der Waals surface area (Å²) in [6.07, 6.45) is 1.74. The molecule has 2 aliphatic heterocycles. The Hall–Kier alpha value is -2.49. The molecule has 0 aliphatic carbocycles. The van der Waals surface area contributed by atoms with E-state index >= 15 is 0 Å². The highest BCUT2D eigenvalue weighted by Crippen LogP contribution is 2.28. The van der Waals surface area contributed by atoms with Gasteiger partial charge in [-0.1, -0.05) is 36.4 Å². The maximum absolute atomic E-state index is 12.5. The Morgan fingerprint density at radius 1 is 1.09 bits per heavy atom. The lowest BCUT2D eigenvalue weighted by molar-refractivity contribution is 0.219. The summed E-state index contributed by atoms with van der Waals surface area (Å²) in [5, 5.41) is 3.10. The van der Waals surface area contributed by atoms with E-state index in [9.17, 15) is 4.79 Å². The van der Waals surface area contributed by atoms with Crippen LogP contribution < -0.4 is 15.0 Å². The predicted octanol–water partition coefficient (Wildman–Crippen LogP) is 2.76. The van der Waals surface area contributed by atoms with Crippen molar-refractivity contribution in [2.75, 3.05) is 18.1 Å². The van der Waals surface area contributed by atoms with Crippen molar-refractivity contribution in [3.63, 3.8) is 0 Å². The van der Waals surface area contributed by atoms with E-state index in [2.05, 4.69) is 17.4 Å². The zero-order valence-electron chi connectivity index (χ0n) is 12.3. The number of rotatable bonds is 1. The third kappa shape index (κ3) is 2.30. The summed E-state index contributed by atoms with van der Waals surface area (Å²) in [4.78, 5) is 14.4. The maximum atomic E-state index is 12.5. The van der Waals surface area contributed by atoms with Gasteiger partial charge in [-0.05, 0) is 36.1 Å². The van der Waals surface area contributed by atoms with Gasteiger partial charge in [-0.25, -0.2) is 4.79 Å². The molecule has 0 bridgehead atoms. The second-order valence-electron chi connectivity index (χ2n) is 5.80. The van der Waals surface area contributed by atoms with Gasteiger partial charge < -0.3 is 10.1 Å². The van der Waals surface area contributed by atoms with Crippen LogP contribution >= 0.6 is 0 Å². The number of nitrogens with one attached hydrogen (secondary N) is 1. The van der Waals surface area contributed by atoms with Crippen molar-refractivity contribution in [2.45, 2.75) is 18.9 Å². The number of amides is 2. The quantitative estimate of drug-likeness (QED) is 0.878. The fourth-order valence-electron chi connectivity index (χ4n) is 3.22. The smallest absolute Gasteiger partial charge is 0.322 e. The van der Waals surface area contributed by atoms with Gasteiger partial charge in [0.25, 0.3) is 0 Å². The molecule has 0 spiro atoms. The molecule has 1 N–H and O–H groups in total. The number of carbonyl (C=O) groups is 1. The van der Waals surface area contributed by atoms with Crippen molar-refractivity contribution in [3.05, 3.63) is 59.7 Å². The van der Waals surface area contributed by atoms with Gasteiger partial charge in [-0.3, -0.25) is 4.90 Å². The van der Waals surface area contributed by atoms with Gasteiger partial charge in [0.1, 0.15) is 12.4 Å². The summed E-state index contributed by atoms with van der Waals surface area (Å²) < 4.78 is 5.74. The van der Waals surface area contributed by atoms with Crippen LogP contribution in [0.1, 0.15) is 11.1 Å². The number of carbonyl (C=O) groups excluding carboxylic acids is 1. The monoisotopic (exact) mass is 294 g/mol.